The molecule has 44 heavy (non-hydrogen) atoms. The van der Waals surface area contributed by atoms with Gasteiger partial charge >= 0.3 is 6.09 Å². The van der Waals surface area contributed by atoms with Crippen LogP contribution in [0.15, 0.2) is 42.5 Å². The second-order valence-corrected chi connectivity index (χ2v) is 11.1. The first-order valence-corrected chi connectivity index (χ1v) is 14.4. The lowest BCUT2D eigenvalue weighted by Crippen LogP contribution is -2.58. The van der Waals surface area contributed by atoms with Crippen molar-refractivity contribution in [2.45, 2.75) is 77.5 Å². The summed E-state index contributed by atoms with van der Waals surface area (Å²) in [4.78, 5) is 75.8. The molecule has 5 unspecified atom stereocenters. The number of fused-ring (bicyclic) bond motifs is 1. The average Bonchev–Trinajstić information content (AvgIpc) is 2.97. The first-order valence-electron chi connectivity index (χ1n) is 14.4. The van der Waals surface area contributed by atoms with Gasteiger partial charge in [0, 0.05) is 6.42 Å². The Morgan fingerprint density at radius 1 is 0.864 bits per heavy atom. The van der Waals surface area contributed by atoms with Crippen molar-refractivity contribution >= 4 is 46.3 Å². The maximum Gasteiger partial charge on any atom is 0.405 e. The Kier molecular flexibility index (Phi) is 13.3. The van der Waals surface area contributed by atoms with Gasteiger partial charge < -0.3 is 32.1 Å². The highest BCUT2D eigenvalue weighted by Gasteiger charge is 2.35. The van der Waals surface area contributed by atoms with Gasteiger partial charge in [-0.2, -0.15) is 5.26 Å². The minimum absolute atomic E-state index is 0.0438. The fourth-order valence-corrected chi connectivity index (χ4v) is 4.58. The normalized spacial score (nSPS) is 14.3. The predicted octanol–water partition coefficient (Wildman–Crippen LogP) is 1.53. The van der Waals surface area contributed by atoms with Gasteiger partial charge in [0.2, 0.25) is 23.5 Å². The Balaban J connectivity index is 2.18. The molecule has 2 rings (SSSR count). The Bertz CT molecular complexity index is 1420. The van der Waals surface area contributed by atoms with Crippen molar-refractivity contribution in [3.8, 4) is 6.07 Å². The number of nitrogens with one attached hydrogen (secondary N) is 4. The number of nitrogens with two attached hydrogens (primary N) is 1. The van der Waals surface area contributed by atoms with Crippen LogP contribution in [0.5, 0.6) is 0 Å². The molecule has 13 nitrogen and oxygen atoms in total. The standard InChI is InChI=1S/C31H40N6O7/c1-5-18(4)25(37-29(41)24(14-17(2)3)36-31(43)44)26(38)30(42)34-22(12-13-32)28(40)35-23(27(33)39)16-19-10-11-20-8-6-7-9-21(20)15-19/h6-11,15,17-18,22-25,36H,5,12,14,16H2,1-4H3,(H2,33,39)(H,34,42)(H,35,40)(H,37,41)(H,43,44). The number of primary amides is 1. The summed E-state index contributed by atoms with van der Waals surface area (Å²) in [6, 6.07) is 9.67. The number of nitrogens with zero attached hydrogens (tertiary/aromatic N) is 1. The van der Waals surface area contributed by atoms with Gasteiger partial charge in [0.15, 0.2) is 0 Å². The molecule has 236 valence electrons. The van der Waals surface area contributed by atoms with Crippen LogP contribution < -0.4 is 27.0 Å². The van der Waals surface area contributed by atoms with E-state index in [2.05, 4.69) is 21.3 Å². The number of nitriles is 1. The summed E-state index contributed by atoms with van der Waals surface area (Å²) in [5, 5.41) is 29.7. The second-order valence-electron chi connectivity index (χ2n) is 11.1. The molecule has 0 aliphatic rings. The third-order valence-corrected chi connectivity index (χ3v) is 7.17. The Morgan fingerprint density at radius 2 is 1.50 bits per heavy atom. The van der Waals surface area contributed by atoms with E-state index in [-0.39, 0.29) is 18.8 Å². The average molecular weight is 609 g/mol. The Morgan fingerprint density at radius 3 is 2.07 bits per heavy atom. The van der Waals surface area contributed by atoms with E-state index in [0.29, 0.717) is 12.0 Å². The zero-order chi connectivity index (χ0) is 33.0. The number of amides is 5. The van der Waals surface area contributed by atoms with Gasteiger partial charge in [0.25, 0.3) is 5.91 Å². The Hall–Kier alpha value is -4.99. The van der Waals surface area contributed by atoms with E-state index in [0.717, 1.165) is 10.8 Å². The molecule has 0 saturated carbocycles. The minimum atomic E-state index is -1.51. The maximum absolute atomic E-state index is 13.2. The maximum atomic E-state index is 13.2. The van der Waals surface area contributed by atoms with Crippen LogP contribution in [0.25, 0.3) is 10.8 Å². The van der Waals surface area contributed by atoms with Crippen molar-refractivity contribution in [3.05, 3.63) is 48.0 Å². The first-order chi connectivity index (χ1) is 20.8. The van der Waals surface area contributed by atoms with Crippen LogP contribution in [-0.2, 0) is 30.4 Å². The second kappa shape index (κ2) is 16.6. The highest BCUT2D eigenvalue weighted by atomic mass is 16.4. The summed E-state index contributed by atoms with van der Waals surface area (Å²) < 4.78 is 0. The third kappa shape index (κ3) is 10.4. The molecular formula is C31H40N6O7. The van der Waals surface area contributed by atoms with Crippen LogP contribution in [0.3, 0.4) is 0 Å². The van der Waals surface area contributed by atoms with Crippen molar-refractivity contribution in [1.82, 2.24) is 21.3 Å². The number of carboxylic acid groups (broad SMARTS) is 1. The molecule has 13 heteroatoms. The van der Waals surface area contributed by atoms with Gasteiger partial charge in [-0.25, -0.2) is 4.79 Å². The van der Waals surface area contributed by atoms with Crippen molar-refractivity contribution in [1.29, 1.82) is 5.26 Å². The number of carbonyl (C=O) groups is 6. The van der Waals surface area contributed by atoms with Crippen molar-refractivity contribution in [2.24, 2.45) is 17.6 Å². The summed E-state index contributed by atoms with van der Waals surface area (Å²) in [5.74, 6) is -5.43. The van der Waals surface area contributed by atoms with Crippen LogP contribution in [0.4, 0.5) is 4.79 Å². The SMILES string of the molecule is CCC(C)C(NC(=O)C(CC(C)C)NC(=O)O)C(=O)C(=O)NC(CC#N)C(=O)NC(Cc1ccc2ccccc2c1)C(N)=O. The van der Waals surface area contributed by atoms with Crippen molar-refractivity contribution < 1.29 is 33.9 Å². The molecule has 7 N–H and O–H groups in total. The summed E-state index contributed by atoms with van der Waals surface area (Å²) in [5.41, 5.74) is 6.26. The minimum Gasteiger partial charge on any atom is -0.465 e. The number of Topliss-reactive ketones (excluding diaryl/α,β-unsaturated/α-hetero) is 1. The summed E-state index contributed by atoms with van der Waals surface area (Å²) >= 11 is 0. The predicted molar refractivity (Wildman–Crippen MR) is 162 cm³/mol. The van der Waals surface area contributed by atoms with E-state index in [4.69, 9.17) is 10.8 Å². The van der Waals surface area contributed by atoms with Crippen LogP contribution in [0.1, 0.15) is 52.5 Å². The first kappa shape index (κ1) is 35.2. The van der Waals surface area contributed by atoms with Crippen LogP contribution >= 0.6 is 0 Å². The van der Waals surface area contributed by atoms with Gasteiger partial charge in [0.05, 0.1) is 18.5 Å². The molecular weight excluding hydrogens is 568 g/mol. The molecule has 5 atom stereocenters. The molecule has 0 saturated heterocycles. The number of hydrogen-bond donors (Lipinski definition) is 6. The number of benzene rings is 2. The van der Waals surface area contributed by atoms with Gasteiger partial charge in [-0.3, -0.25) is 24.0 Å². The molecule has 5 amide bonds. The highest BCUT2D eigenvalue weighted by Crippen LogP contribution is 2.17. The molecule has 0 aliphatic heterocycles. The topological polar surface area (TPSA) is 221 Å². The van der Waals surface area contributed by atoms with E-state index in [1.807, 2.05) is 36.4 Å². The quantitative estimate of drug-likeness (QED) is 0.153. The number of carbonyl (C=O) groups excluding carboxylic acids is 5. The fourth-order valence-electron chi connectivity index (χ4n) is 4.58. The lowest BCUT2D eigenvalue weighted by molar-refractivity contribution is -0.142. The fraction of sp³-hybridized carbons (Fsp3) is 0.452. The molecule has 0 spiro atoms. The van der Waals surface area contributed by atoms with Gasteiger partial charge in [0.1, 0.15) is 18.1 Å². The van der Waals surface area contributed by atoms with Crippen molar-refractivity contribution in [3.63, 3.8) is 0 Å². The van der Waals surface area contributed by atoms with Gasteiger partial charge in [-0.1, -0.05) is 76.6 Å². The third-order valence-electron chi connectivity index (χ3n) is 7.17. The van der Waals surface area contributed by atoms with E-state index in [9.17, 15) is 34.0 Å². The zero-order valence-corrected chi connectivity index (χ0v) is 25.3. The Labute approximate surface area is 255 Å². The number of ketones is 1. The molecule has 0 aliphatic carbocycles. The van der Waals surface area contributed by atoms with E-state index < -0.39 is 72.0 Å². The molecule has 0 bridgehead atoms. The van der Waals surface area contributed by atoms with Crippen LogP contribution in [0, 0.1) is 23.2 Å². The van der Waals surface area contributed by atoms with E-state index >= 15 is 0 Å². The molecule has 2 aromatic rings. The summed E-state index contributed by atoms with van der Waals surface area (Å²) in [7, 11) is 0. The highest BCUT2D eigenvalue weighted by molar-refractivity contribution is 6.39. The number of hydrogen-bond acceptors (Lipinski definition) is 7. The monoisotopic (exact) mass is 608 g/mol. The van der Waals surface area contributed by atoms with Crippen molar-refractivity contribution in [2.75, 3.05) is 0 Å². The smallest absolute Gasteiger partial charge is 0.405 e. The zero-order valence-electron chi connectivity index (χ0n) is 25.3. The van der Waals surface area contributed by atoms with Crippen LogP contribution in [-0.4, -0.2) is 64.8 Å². The lowest BCUT2D eigenvalue weighted by Gasteiger charge is -2.27. The molecule has 2 aromatic carbocycles. The largest absolute Gasteiger partial charge is 0.465 e. The summed E-state index contributed by atoms with van der Waals surface area (Å²) in [6.45, 7) is 6.95. The molecule has 0 radical (unpaired) electrons. The molecule has 0 aromatic heterocycles. The van der Waals surface area contributed by atoms with Gasteiger partial charge in [-0.15, -0.1) is 0 Å². The van der Waals surface area contributed by atoms with Crippen LogP contribution in [0.2, 0.25) is 0 Å². The molecule has 0 heterocycles. The summed E-state index contributed by atoms with van der Waals surface area (Å²) in [6.07, 6.45) is -1.37. The van der Waals surface area contributed by atoms with E-state index in [1.54, 1.807) is 39.8 Å². The van der Waals surface area contributed by atoms with E-state index in [1.165, 1.54) is 0 Å². The number of rotatable bonds is 16. The van der Waals surface area contributed by atoms with Gasteiger partial charge in [-0.05, 0) is 34.6 Å². The molecule has 0 fully saturated rings. The lowest BCUT2D eigenvalue weighted by atomic mass is 9.93.